The van der Waals surface area contributed by atoms with Gasteiger partial charge in [0.05, 0.1) is 0 Å². The Morgan fingerprint density at radius 1 is 1.36 bits per heavy atom. The van der Waals surface area contributed by atoms with Crippen LogP contribution in [0.1, 0.15) is 18.4 Å². The van der Waals surface area contributed by atoms with E-state index in [9.17, 15) is 14.4 Å². The largest absolute Gasteiger partial charge is 0.390 e. The van der Waals surface area contributed by atoms with Crippen molar-refractivity contribution in [1.29, 1.82) is 0 Å². The number of carbonyl (C=O) groups is 3. The summed E-state index contributed by atoms with van der Waals surface area (Å²) in [4.78, 5) is 34.4. The van der Waals surface area contributed by atoms with Crippen LogP contribution in [0, 0.1) is 0 Å². The van der Waals surface area contributed by atoms with Gasteiger partial charge in [-0.05, 0) is 12.0 Å². The van der Waals surface area contributed by atoms with E-state index in [0.29, 0.717) is 12.2 Å². The second-order valence-corrected chi connectivity index (χ2v) is 6.04. The zero-order chi connectivity index (χ0) is 15.9. The molecule has 1 aromatic carbocycles. The van der Waals surface area contributed by atoms with Gasteiger partial charge in [0.1, 0.15) is 12.1 Å². The normalized spacial score (nSPS) is 18.6. The third-order valence-corrected chi connectivity index (χ3v) is 4.32. The molecule has 0 spiro atoms. The monoisotopic (exact) mass is 322 g/mol. The predicted octanol–water partition coefficient (Wildman–Crippen LogP) is 0.595. The smallest absolute Gasteiger partial charge is 0.336 e. The number of ether oxygens (including phenoxy) is 1. The Balaban J connectivity index is 1.70. The molecule has 118 valence electrons. The molecule has 2 atom stereocenters. The summed E-state index contributed by atoms with van der Waals surface area (Å²) in [6, 6.07) is 8.20. The van der Waals surface area contributed by atoms with Crippen molar-refractivity contribution in [3.63, 3.8) is 0 Å². The third kappa shape index (κ3) is 4.85. The molecule has 0 aromatic heterocycles. The summed E-state index contributed by atoms with van der Waals surface area (Å²) in [6.07, 6.45) is 0.621. The Labute approximate surface area is 132 Å². The molecule has 1 aromatic rings. The number of thioether (sulfide) groups is 1. The van der Waals surface area contributed by atoms with Gasteiger partial charge in [-0.2, -0.15) is 11.8 Å². The highest BCUT2D eigenvalue weighted by Crippen LogP contribution is 2.13. The fourth-order valence-corrected chi connectivity index (χ4v) is 2.92. The highest BCUT2D eigenvalue weighted by Gasteiger charge is 2.31. The van der Waals surface area contributed by atoms with Crippen molar-refractivity contribution >= 4 is 29.6 Å². The Bertz CT molecular complexity index is 550. The van der Waals surface area contributed by atoms with E-state index < -0.39 is 24.0 Å². The minimum atomic E-state index is -0.866. The lowest BCUT2D eigenvalue weighted by Gasteiger charge is -2.12. The van der Waals surface area contributed by atoms with Gasteiger partial charge in [-0.1, -0.05) is 30.3 Å². The first-order chi connectivity index (χ1) is 10.6. The number of nitrogens with one attached hydrogen (secondary N) is 1. The van der Waals surface area contributed by atoms with Crippen LogP contribution in [0.15, 0.2) is 30.3 Å². The molecule has 1 amide bonds. The van der Waals surface area contributed by atoms with Crippen LogP contribution >= 0.6 is 11.8 Å². The molecule has 0 unspecified atom stereocenters. The zero-order valence-electron chi connectivity index (χ0n) is 12.0. The number of hydrogen-bond donors (Lipinski definition) is 2. The van der Waals surface area contributed by atoms with Crippen LogP contribution < -0.4 is 11.1 Å². The maximum atomic E-state index is 11.7. The van der Waals surface area contributed by atoms with Gasteiger partial charge >= 0.3 is 11.9 Å². The molecule has 7 heteroatoms. The number of rotatable bonds is 6. The summed E-state index contributed by atoms with van der Waals surface area (Å²) in [5.41, 5.74) is 6.86. The van der Waals surface area contributed by atoms with Crippen molar-refractivity contribution < 1.29 is 19.1 Å². The second-order valence-electron chi connectivity index (χ2n) is 5.01. The van der Waals surface area contributed by atoms with Crippen LogP contribution in [-0.2, 0) is 24.9 Å². The standard InChI is InChI=1S/C15H18N2O4S/c16-11(9-22-8-10-4-2-1-3-5-10)14(19)21-15(20)12-6-7-13(18)17-12/h1-5,11-12H,6-9,16H2,(H,17,18)/t11-,12-/m0/s1. The quantitative estimate of drug-likeness (QED) is 0.588. The molecule has 6 nitrogen and oxygen atoms in total. The molecule has 1 fully saturated rings. The summed E-state index contributed by atoms with van der Waals surface area (Å²) >= 11 is 1.50. The topological polar surface area (TPSA) is 98.5 Å². The molecule has 0 aliphatic carbocycles. The molecular formula is C15H18N2O4S. The first-order valence-electron chi connectivity index (χ1n) is 6.98. The molecule has 0 radical (unpaired) electrons. The van der Waals surface area contributed by atoms with E-state index in [1.54, 1.807) is 0 Å². The third-order valence-electron chi connectivity index (χ3n) is 3.19. The zero-order valence-corrected chi connectivity index (χ0v) is 12.8. The Morgan fingerprint density at radius 2 is 2.09 bits per heavy atom. The average molecular weight is 322 g/mol. The molecule has 1 saturated heterocycles. The van der Waals surface area contributed by atoms with Crippen molar-refractivity contribution in [2.75, 3.05) is 5.75 Å². The lowest BCUT2D eigenvalue weighted by Crippen LogP contribution is -2.41. The van der Waals surface area contributed by atoms with Crippen LogP contribution in [0.5, 0.6) is 0 Å². The highest BCUT2D eigenvalue weighted by molar-refractivity contribution is 7.98. The number of amides is 1. The molecule has 1 aliphatic heterocycles. The number of benzene rings is 1. The number of esters is 2. The lowest BCUT2D eigenvalue weighted by molar-refractivity contribution is -0.161. The number of carbonyl (C=O) groups excluding carboxylic acids is 3. The van der Waals surface area contributed by atoms with E-state index >= 15 is 0 Å². The van der Waals surface area contributed by atoms with Crippen molar-refractivity contribution in [3.8, 4) is 0 Å². The first-order valence-corrected chi connectivity index (χ1v) is 8.14. The molecule has 1 aliphatic rings. The summed E-state index contributed by atoms with van der Waals surface area (Å²) in [7, 11) is 0. The SMILES string of the molecule is N[C@@H](CSCc1ccccc1)C(=O)OC(=O)[C@@H]1CCC(=O)N1. The Kier molecular flexibility index (Phi) is 5.97. The van der Waals surface area contributed by atoms with Gasteiger partial charge in [0.15, 0.2) is 0 Å². The van der Waals surface area contributed by atoms with E-state index in [1.807, 2.05) is 30.3 Å². The van der Waals surface area contributed by atoms with Crippen LogP contribution in [0.4, 0.5) is 0 Å². The summed E-state index contributed by atoms with van der Waals surface area (Å²) < 4.78 is 4.72. The predicted molar refractivity (Wildman–Crippen MR) is 82.8 cm³/mol. The fourth-order valence-electron chi connectivity index (χ4n) is 1.98. The van der Waals surface area contributed by atoms with Gasteiger partial charge in [0.25, 0.3) is 0 Å². The van der Waals surface area contributed by atoms with Crippen LogP contribution in [0.3, 0.4) is 0 Å². The van der Waals surface area contributed by atoms with E-state index in [0.717, 1.165) is 11.3 Å². The molecule has 0 bridgehead atoms. The van der Waals surface area contributed by atoms with Crippen molar-refractivity contribution in [2.24, 2.45) is 5.73 Å². The van der Waals surface area contributed by atoms with E-state index in [4.69, 9.17) is 10.5 Å². The first kappa shape index (κ1) is 16.5. The van der Waals surface area contributed by atoms with Crippen LogP contribution in [-0.4, -0.2) is 35.7 Å². The molecule has 3 N–H and O–H groups in total. The van der Waals surface area contributed by atoms with Crippen LogP contribution in [0.2, 0.25) is 0 Å². The summed E-state index contributed by atoms with van der Waals surface area (Å²) in [6.45, 7) is 0. The molecule has 0 saturated carbocycles. The van der Waals surface area contributed by atoms with Crippen molar-refractivity contribution in [3.05, 3.63) is 35.9 Å². The van der Waals surface area contributed by atoms with E-state index in [1.165, 1.54) is 11.8 Å². The summed E-state index contributed by atoms with van der Waals surface area (Å²) in [5.74, 6) is -0.616. The Hall–Kier alpha value is -1.86. The average Bonchev–Trinajstić information content (AvgIpc) is 2.95. The van der Waals surface area contributed by atoms with Gasteiger partial charge in [-0.3, -0.25) is 4.79 Å². The van der Waals surface area contributed by atoms with Gasteiger partial charge in [-0.25, -0.2) is 9.59 Å². The second kappa shape index (κ2) is 7.95. The van der Waals surface area contributed by atoms with Gasteiger partial charge in [-0.15, -0.1) is 0 Å². The van der Waals surface area contributed by atoms with E-state index in [-0.39, 0.29) is 12.3 Å². The van der Waals surface area contributed by atoms with Crippen LogP contribution in [0.25, 0.3) is 0 Å². The molecule has 1 heterocycles. The maximum absolute atomic E-state index is 11.7. The summed E-state index contributed by atoms with van der Waals surface area (Å²) in [5, 5.41) is 2.45. The van der Waals surface area contributed by atoms with Gasteiger partial charge in [0.2, 0.25) is 5.91 Å². The lowest BCUT2D eigenvalue weighted by atomic mass is 10.2. The minimum absolute atomic E-state index is 0.211. The molecular weight excluding hydrogens is 304 g/mol. The number of nitrogens with two attached hydrogens (primary N) is 1. The van der Waals surface area contributed by atoms with Gasteiger partial charge in [0, 0.05) is 17.9 Å². The van der Waals surface area contributed by atoms with Crippen molar-refractivity contribution in [2.45, 2.75) is 30.7 Å². The molecule has 2 rings (SSSR count). The number of hydrogen-bond acceptors (Lipinski definition) is 6. The fraction of sp³-hybridized carbons (Fsp3) is 0.400. The maximum Gasteiger partial charge on any atom is 0.336 e. The highest BCUT2D eigenvalue weighted by atomic mass is 32.2. The van der Waals surface area contributed by atoms with Crippen molar-refractivity contribution in [1.82, 2.24) is 5.32 Å². The van der Waals surface area contributed by atoms with Gasteiger partial charge < -0.3 is 15.8 Å². The Morgan fingerprint density at radius 3 is 2.73 bits per heavy atom. The molecule has 22 heavy (non-hydrogen) atoms. The van der Waals surface area contributed by atoms with E-state index in [2.05, 4.69) is 5.32 Å². The minimum Gasteiger partial charge on any atom is -0.390 e.